The van der Waals surface area contributed by atoms with E-state index in [-0.39, 0.29) is 17.5 Å². The van der Waals surface area contributed by atoms with Gasteiger partial charge >= 0.3 is 6.18 Å². The van der Waals surface area contributed by atoms with Gasteiger partial charge in [0, 0.05) is 16.8 Å². The van der Waals surface area contributed by atoms with Crippen molar-refractivity contribution >= 4 is 28.6 Å². The van der Waals surface area contributed by atoms with Crippen molar-refractivity contribution < 1.29 is 13.2 Å². The molecule has 0 aromatic carbocycles. The fourth-order valence-electron chi connectivity index (χ4n) is 1.49. The molecule has 0 aliphatic carbocycles. The van der Waals surface area contributed by atoms with Gasteiger partial charge in [-0.3, -0.25) is 0 Å². The Labute approximate surface area is 127 Å². The zero-order valence-electron chi connectivity index (χ0n) is 10.9. The molecule has 0 atom stereocenters. The predicted octanol–water partition coefficient (Wildman–Crippen LogP) is 2.87. The summed E-state index contributed by atoms with van der Waals surface area (Å²) in [7, 11) is 0. The number of alkyl halides is 3. The summed E-state index contributed by atoms with van der Waals surface area (Å²) in [5.74, 6) is 0.204. The van der Waals surface area contributed by atoms with Crippen LogP contribution in [0.2, 0.25) is 0 Å². The van der Waals surface area contributed by atoms with Gasteiger partial charge in [0.05, 0.1) is 6.54 Å². The van der Waals surface area contributed by atoms with Gasteiger partial charge in [0.1, 0.15) is 5.01 Å². The molecule has 0 amide bonds. The number of nitrogens with zero attached hydrogens (tertiary/aromatic N) is 2. The SMILES string of the molecule is NC(=NCc1nc(C(F)(F)F)cs1)NCCc1cccs1. The zero-order chi connectivity index (χ0) is 15.3. The number of hydrogen-bond donors (Lipinski definition) is 2. The number of thiazole rings is 1. The Balaban J connectivity index is 1.79. The van der Waals surface area contributed by atoms with Gasteiger partial charge in [-0.2, -0.15) is 13.2 Å². The summed E-state index contributed by atoms with van der Waals surface area (Å²) in [5.41, 5.74) is 4.76. The van der Waals surface area contributed by atoms with E-state index in [1.54, 1.807) is 11.3 Å². The molecule has 0 aliphatic heterocycles. The average molecular weight is 334 g/mol. The van der Waals surface area contributed by atoms with Crippen molar-refractivity contribution in [3.8, 4) is 0 Å². The van der Waals surface area contributed by atoms with E-state index in [9.17, 15) is 13.2 Å². The van der Waals surface area contributed by atoms with Crippen LogP contribution >= 0.6 is 22.7 Å². The first-order valence-corrected chi connectivity index (χ1v) is 7.79. The molecule has 0 spiro atoms. The third-order valence-corrected chi connectivity index (χ3v) is 4.25. The molecule has 2 heterocycles. The molecule has 21 heavy (non-hydrogen) atoms. The largest absolute Gasteiger partial charge is 0.434 e. The van der Waals surface area contributed by atoms with E-state index >= 15 is 0 Å². The van der Waals surface area contributed by atoms with Crippen LogP contribution in [-0.4, -0.2) is 17.5 Å². The second-order valence-corrected chi connectivity index (χ2v) is 6.06. The first kappa shape index (κ1) is 15.8. The normalized spacial score (nSPS) is 12.6. The average Bonchev–Trinajstić information content (AvgIpc) is 3.06. The lowest BCUT2D eigenvalue weighted by Gasteiger charge is -2.03. The van der Waals surface area contributed by atoms with Gasteiger partial charge in [0.25, 0.3) is 0 Å². The highest BCUT2D eigenvalue weighted by Gasteiger charge is 2.33. The summed E-state index contributed by atoms with van der Waals surface area (Å²) < 4.78 is 37.1. The summed E-state index contributed by atoms with van der Waals surface area (Å²) in [6.07, 6.45) is -3.59. The number of thiophene rings is 1. The molecule has 0 saturated heterocycles. The van der Waals surface area contributed by atoms with Crippen LogP contribution in [0.4, 0.5) is 13.2 Å². The van der Waals surface area contributed by atoms with Crippen LogP contribution in [0, 0.1) is 0 Å². The second kappa shape index (κ2) is 6.90. The zero-order valence-corrected chi connectivity index (χ0v) is 12.5. The highest BCUT2D eigenvalue weighted by atomic mass is 32.1. The van der Waals surface area contributed by atoms with E-state index < -0.39 is 11.9 Å². The van der Waals surface area contributed by atoms with Gasteiger partial charge in [-0.15, -0.1) is 22.7 Å². The van der Waals surface area contributed by atoms with Crippen LogP contribution in [0.5, 0.6) is 0 Å². The Morgan fingerprint density at radius 3 is 2.81 bits per heavy atom. The highest BCUT2D eigenvalue weighted by molar-refractivity contribution is 7.10. The van der Waals surface area contributed by atoms with E-state index in [0.717, 1.165) is 23.1 Å². The van der Waals surface area contributed by atoms with Crippen LogP contribution in [0.3, 0.4) is 0 Å². The molecule has 9 heteroatoms. The molecule has 0 radical (unpaired) electrons. The minimum absolute atomic E-state index is 0.0403. The molecule has 114 valence electrons. The number of rotatable bonds is 5. The van der Waals surface area contributed by atoms with Crippen molar-refractivity contribution in [3.63, 3.8) is 0 Å². The summed E-state index contributed by atoms with van der Waals surface area (Å²) in [6.45, 7) is 0.667. The number of aliphatic imine (C=N–C) groups is 1. The van der Waals surface area contributed by atoms with Gasteiger partial charge in [0.15, 0.2) is 11.7 Å². The Morgan fingerprint density at radius 2 is 2.19 bits per heavy atom. The van der Waals surface area contributed by atoms with E-state index in [1.807, 2.05) is 17.5 Å². The monoisotopic (exact) mass is 334 g/mol. The predicted molar refractivity (Wildman–Crippen MR) is 78.5 cm³/mol. The standard InChI is InChI=1S/C12H13F3N4S2/c13-12(14,15)9-7-21-10(19-9)6-18-11(16)17-4-3-8-2-1-5-20-8/h1-2,5,7H,3-4,6H2,(H3,16,17,18). The molecular weight excluding hydrogens is 321 g/mol. The fourth-order valence-corrected chi connectivity index (χ4v) is 2.92. The van der Waals surface area contributed by atoms with Crippen LogP contribution in [0.15, 0.2) is 27.9 Å². The van der Waals surface area contributed by atoms with Crippen LogP contribution < -0.4 is 11.1 Å². The number of aromatic nitrogens is 1. The fraction of sp³-hybridized carbons (Fsp3) is 0.333. The summed E-state index contributed by atoms with van der Waals surface area (Å²) in [6, 6.07) is 3.99. The van der Waals surface area contributed by atoms with E-state index in [0.29, 0.717) is 6.54 Å². The molecular formula is C12H13F3N4S2. The van der Waals surface area contributed by atoms with E-state index in [2.05, 4.69) is 15.3 Å². The Kier molecular flexibility index (Phi) is 5.18. The molecule has 4 nitrogen and oxygen atoms in total. The third-order valence-electron chi connectivity index (χ3n) is 2.48. The minimum atomic E-state index is -4.41. The summed E-state index contributed by atoms with van der Waals surface area (Å²) in [5, 5.41) is 6.17. The lowest BCUT2D eigenvalue weighted by molar-refractivity contribution is -0.140. The molecule has 2 aromatic heterocycles. The molecule has 0 aliphatic rings. The van der Waals surface area contributed by atoms with Crippen molar-refractivity contribution in [1.29, 1.82) is 0 Å². The summed E-state index contributed by atoms with van der Waals surface area (Å²) >= 11 is 2.57. The van der Waals surface area contributed by atoms with Gasteiger partial charge in [-0.05, 0) is 17.9 Å². The molecule has 2 rings (SSSR count). The van der Waals surface area contributed by atoms with Gasteiger partial charge in [-0.25, -0.2) is 9.98 Å². The van der Waals surface area contributed by atoms with Crippen molar-refractivity contribution in [2.24, 2.45) is 10.7 Å². The number of halogens is 3. The van der Waals surface area contributed by atoms with Crippen LogP contribution in [-0.2, 0) is 19.1 Å². The smallest absolute Gasteiger partial charge is 0.370 e. The van der Waals surface area contributed by atoms with Gasteiger partial charge < -0.3 is 11.1 Å². The molecule has 0 bridgehead atoms. The minimum Gasteiger partial charge on any atom is -0.370 e. The molecule has 0 unspecified atom stereocenters. The molecule has 3 N–H and O–H groups in total. The number of nitrogens with two attached hydrogens (primary N) is 1. The Bertz CT molecular complexity index is 590. The highest BCUT2D eigenvalue weighted by Crippen LogP contribution is 2.30. The maximum absolute atomic E-state index is 12.4. The first-order chi connectivity index (χ1) is 9.95. The maximum atomic E-state index is 12.4. The van der Waals surface area contributed by atoms with Crippen molar-refractivity contribution in [2.75, 3.05) is 6.54 Å². The van der Waals surface area contributed by atoms with Crippen molar-refractivity contribution in [3.05, 3.63) is 38.5 Å². The molecule has 2 aromatic rings. The van der Waals surface area contributed by atoms with Crippen molar-refractivity contribution in [1.82, 2.24) is 10.3 Å². The number of nitrogens with one attached hydrogen (secondary N) is 1. The third kappa shape index (κ3) is 5.01. The number of hydrogen-bond acceptors (Lipinski definition) is 4. The quantitative estimate of drug-likeness (QED) is 0.653. The van der Waals surface area contributed by atoms with E-state index in [4.69, 9.17) is 5.73 Å². The molecule has 0 fully saturated rings. The Hall–Kier alpha value is -1.61. The topological polar surface area (TPSA) is 63.3 Å². The van der Waals surface area contributed by atoms with Crippen molar-refractivity contribution in [2.45, 2.75) is 19.1 Å². The molecule has 0 saturated carbocycles. The summed E-state index contributed by atoms with van der Waals surface area (Å²) in [4.78, 5) is 8.68. The van der Waals surface area contributed by atoms with E-state index in [1.165, 1.54) is 4.88 Å². The Morgan fingerprint density at radius 1 is 1.38 bits per heavy atom. The van der Waals surface area contributed by atoms with Crippen LogP contribution in [0.1, 0.15) is 15.6 Å². The number of guanidine groups is 1. The first-order valence-electron chi connectivity index (χ1n) is 6.03. The van der Waals surface area contributed by atoms with Gasteiger partial charge in [-0.1, -0.05) is 6.07 Å². The lowest BCUT2D eigenvalue weighted by atomic mass is 10.3. The van der Waals surface area contributed by atoms with Gasteiger partial charge in [0.2, 0.25) is 0 Å². The maximum Gasteiger partial charge on any atom is 0.434 e. The van der Waals surface area contributed by atoms with Crippen LogP contribution in [0.25, 0.3) is 0 Å². The lowest BCUT2D eigenvalue weighted by Crippen LogP contribution is -2.33. The second-order valence-electron chi connectivity index (χ2n) is 4.08.